The number of benzene rings is 1. The third-order valence-electron chi connectivity index (χ3n) is 6.20. The van der Waals surface area contributed by atoms with Crippen LogP contribution in [0.4, 0.5) is 0 Å². The Balaban J connectivity index is 0.00000140. The Morgan fingerprint density at radius 1 is 1.04 bits per heavy atom. The summed E-state index contributed by atoms with van der Waals surface area (Å²) in [6.45, 7) is 0.587. The first kappa shape index (κ1) is 22.7. The van der Waals surface area contributed by atoms with Crippen molar-refractivity contribution in [2.45, 2.75) is 44.7 Å². The fourth-order valence-electron chi connectivity index (χ4n) is 4.69. The first-order valence-corrected chi connectivity index (χ1v) is 9.73. The first-order valence-electron chi connectivity index (χ1n) is 9.73. The van der Waals surface area contributed by atoms with Crippen LogP contribution in [0.1, 0.15) is 37.7 Å². The first-order chi connectivity index (χ1) is 12.7. The van der Waals surface area contributed by atoms with Gasteiger partial charge in [0.05, 0.1) is 0 Å². The van der Waals surface area contributed by atoms with Gasteiger partial charge in [0.25, 0.3) is 0 Å². The van der Waals surface area contributed by atoms with E-state index in [4.69, 9.17) is 5.73 Å². The van der Waals surface area contributed by atoms with E-state index in [-0.39, 0.29) is 36.6 Å². The van der Waals surface area contributed by atoms with Crippen LogP contribution in [-0.4, -0.2) is 16.9 Å². The van der Waals surface area contributed by atoms with Crippen molar-refractivity contribution < 1.29 is 4.79 Å². The number of carbonyl (C=O) groups excluding carboxylic acids is 1. The zero-order valence-electron chi connectivity index (χ0n) is 15.9. The Morgan fingerprint density at radius 3 is 2.32 bits per heavy atom. The van der Waals surface area contributed by atoms with Gasteiger partial charge in [-0.1, -0.05) is 36.8 Å². The smallest absolute Gasteiger partial charge is 0.223 e. The van der Waals surface area contributed by atoms with Crippen molar-refractivity contribution in [3.8, 4) is 11.1 Å². The van der Waals surface area contributed by atoms with E-state index in [9.17, 15) is 4.79 Å². The number of nitrogens with zero attached hydrogens (tertiary/aromatic N) is 1. The number of fused-ring (bicyclic) bond motifs is 2. The molecule has 2 aliphatic rings. The molecule has 0 spiro atoms. The molecule has 1 aromatic heterocycles. The SMILES string of the molecule is Cl.Cl.NC1C2CCCC1CC(C(=O)NCc1ccc(-c3cccnc3)cc1)C2. The van der Waals surface area contributed by atoms with Crippen LogP contribution in [0.3, 0.4) is 0 Å². The largest absolute Gasteiger partial charge is 0.352 e. The molecular formula is C22H29Cl2N3O. The molecule has 2 aliphatic carbocycles. The van der Waals surface area contributed by atoms with Crippen molar-refractivity contribution in [1.82, 2.24) is 10.3 Å². The van der Waals surface area contributed by atoms with E-state index in [1.165, 1.54) is 19.3 Å². The molecule has 152 valence electrons. The van der Waals surface area contributed by atoms with Gasteiger partial charge in [0, 0.05) is 30.9 Å². The summed E-state index contributed by atoms with van der Waals surface area (Å²) in [7, 11) is 0. The molecule has 2 saturated carbocycles. The number of hydrogen-bond donors (Lipinski definition) is 2. The highest BCUT2D eigenvalue weighted by Gasteiger charge is 2.40. The molecule has 2 atom stereocenters. The van der Waals surface area contributed by atoms with E-state index in [1.807, 2.05) is 12.3 Å². The summed E-state index contributed by atoms with van der Waals surface area (Å²) in [5.74, 6) is 1.42. The molecule has 6 heteroatoms. The number of carbonyl (C=O) groups is 1. The summed E-state index contributed by atoms with van der Waals surface area (Å²) in [5, 5.41) is 3.14. The van der Waals surface area contributed by atoms with Gasteiger partial charge in [-0.3, -0.25) is 9.78 Å². The minimum Gasteiger partial charge on any atom is -0.352 e. The van der Waals surface area contributed by atoms with Gasteiger partial charge in [-0.15, -0.1) is 24.8 Å². The van der Waals surface area contributed by atoms with Crippen LogP contribution in [0.2, 0.25) is 0 Å². The van der Waals surface area contributed by atoms with Gasteiger partial charge < -0.3 is 11.1 Å². The molecule has 1 amide bonds. The highest BCUT2D eigenvalue weighted by molar-refractivity contribution is 5.85. The molecule has 4 rings (SSSR count). The number of nitrogens with two attached hydrogens (primary N) is 1. The van der Waals surface area contributed by atoms with Crippen molar-refractivity contribution >= 4 is 30.7 Å². The third-order valence-corrected chi connectivity index (χ3v) is 6.20. The van der Waals surface area contributed by atoms with Crippen molar-refractivity contribution in [3.05, 3.63) is 54.4 Å². The summed E-state index contributed by atoms with van der Waals surface area (Å²) in [5.41, 5.74) is 9.71. The molecule has 0 saturated heterocycles. The van der Waals surface area contributed by atoms with Crippen LogP contribution in [0.25, 0.3) is 11.1 Å². The number of pyridine rings is 1. The topological polar surface area (TPSA) is 68.0 Å². The van der Waals surface area contributed by atoms with E-state index >= 15 is 0 Å². The second-order valence-corrected chi connectivity index (χ2v) is 7.85. The van der Waals surface area contributed by atoms with Crippen LogP contribution in [0.15, 0.2) is 48.8 Å². The number of aromatic nitrogens is 1. The summed E-state index contributed by atoms with van der Waals surface area (Å²) in [6.07, 6.45) is 9.23. The minimum atomic E-state index is 0. The molecule has 2 fully saturated rings. The zero-order valence-corrected chi connectivity index (χ0v) is 17.6. The molecule has 2 aromatic rings. The molecule has 3 N–H and O–H groups in total. The van der Waals surface area contributed by atoms with Gasteiger partial charge in [-0.05, 0) is 60.3 Å². The molecule has 1 heterocycles. The second kappa shape index (κ2) is 10.2. The Morgan fingerprint density at radius 2 is 1.71 bits per heavy atom. The molecule has 0 radical (unpaired) electrons. The van der Waals surface area contributed by atoms with Crippen molar-refractivity contribution in [1.29, 1.82) is 0 Å². The average Bonchev–Trinajstić information content (AvgIpc) is 2.67. The fourth-order valence-corrected chi connectivity index (χ4v) is 4.69. The lowest BCUT2D eigenvalue weighted by Crippen LogP contribution is -2.49. The Labute approximate surface area is 179 Å². The summed E-state index contributed by atoms with van der Waals surface area (Å²) in [4.78, 5) is 16.8. The van der Waals surface area contributed by atoms with Crippen LogP contribution >= 0.6 is 24.8 Å². The Kier molecular flexibility index (Phi) is 8.29. The van der Waals surface area contributed by atoms with E-state index in [2.05, 4.69) is 40.6 Å². The van der Waals surface area contributed by atoms with E-state index < -0.39 is 0 Å². The van der Waals surface area contributed by atoms with Gasteiger partial charge in [-0.2, -0.15) is 0 Å². The van der Waals surface area contributed by atoms with Crippen LogP contribution < -0.4 is 11.1 Å². The highest BCUT2D eigenvalue weighted by Crippen LogP contribution is 2.41. The lowest BCUT2D eigenvalue weighted by Gasteiger charge is -2.43. The standard InChI is InChI=1S/C22H27N3O.2ClH/c23-21-17-3-1-4-18(21)12-20(11-17)22(26)25-13-15-6-8-16(9-7-15)19-5-2-10-24-14-19;;/h2,5-10,14,17-18,20-21H,1,3-4,11-13,23H2,(H,25,26);2*1H. The normalized spacial score (nSPS) is 25.8. The maximum absolute atomic E-state index is 12.6. The van der Waals surface area contributed by atoms with E-state index in [0.717, 1.165) is 29.5 Å². The van der Waals surface area contributed by atoms with Gasteiger partial charge >= 0.3 is 0 Å². The van der Waals surface area contributed by atoms with Crippen molar-refractivity contribution in [2.75, 3.05) is 0 Å². The van der Waals surface area contributed by atoms with Crippen molar-refractivity contribution in [2.24, 2.45) is 23.5 Å². The minimum absolute atomic E-state index is 0. The molecule has 0 aliphatic heterocycles. The Bertz CT molecular complexity index is 740. The van der Waals surface area contributed by atoms with Gasteiger partial charge in [-0.25, -0.2) is 0 Å². The van der Waals surface area contributed by atoms with E-state index in [0.29, 0.717) is 24.4 Å². The van der Waals surface area contributed by atoms with Crippen molar-refractivity contribution in [3.63, 3.8) is 0 Å². The molecular weight excluding hydrogens is 393 g/mol. The van der Waals surface area contributed by atoms with E-state index in [1.54, 1.807) is 6.20 Å². The molecule has 28 heavy (non-hydrogen) atoms. The van der Waals surface area contributed by atoms with Crippen LogP contribution in [0.5, 0.6) is 0 Å². The monoisotopic (exact) mass is 421 g/mol. The highest BCUT2D eigenvalue weighted by atomic mass is 35.5. The van der Waals surface area contributed by atoms with Crippen LogP contribution in [0, 0.1) is 17.8 Å². The fraction of sp³-hybridized carbons (Fsp3) is 0.455. The lowest BCUT2D eigenvalue weighted by molar-refractivity contribution is -0.128. The molecule has 1 aromatic carbocycles. The predicted octanol–water partition coefficient (Wildman–Crippen LogP) is 4.36. The van der Waals surface area contributed by atoms with Crippen LogP contribution in [-0.2, 0) is 11.3 Å². The number of rotatable bonds is 4. The number of hydrogen-bond acceptors (Lipinski definition) is 3. The lowest BCUT2D eigenvalue weighted by atomic mass is 9.65. The number of nitrogens with one attached hydrogen (secondary N) is 1. The zero-order chi connectivity index (χ0) is 17.9. The maximum Gasteiger partial charge on any atom is 0.223 e. The van der Waals surface area contributed by atoms with Gasteiger partial charge in [0.2, 0.25) is 5.91 Å². The number of halogens is 2. The summed E-state index contributed by atoms with van der Waals surface area (Å²) < 4.78 is 0. The average molecular weight is 422 g/mol. The molecule has 4 nitrogen and oxygen atoms in total. The summed E-state index contributed by atoms with van der Waals surface area (Å²) >= 11 is 0. The van der Waals surface area contributed by atoms with Gasteiger partial charge in [0.1, 0.15) is 0 Å². The maximum atomic E-state index is 12.6. The second-order valence-electron chi connectivity index (χ2n) is 7.85. The van der Waals surface area contributed by atoms with Gasteiger partial charge in [0.15, 0.2) is 0 Å². The quantitative estimate of drug-likeness (QED) is 0.769. The Hall–Kier alpha value is -1.62. The third kappa shape index (κ3) is 5.05. The summed E-state index contributed by atoms with van der Waals surface area (Å²) in [6, 6.07) is 12.6. The molecule has 2 bridgehead atoms. The predicted molar refractivity (Wildman–Crippen MR) is 118 cm³/mol. The molecule has 2 unspecified atom stereocenters. The number of amides is 1.